The van der Waals surface area contributed by atoms with Gasteiger partial charge in [0.05, 0.1) is 13.1 Å². The van der Waals surface area contributed by atoms with Crippen LogP contribution in [0.1, 0.15) is 17.3 Å². The molecule has 0 fully saturated rings. The van der Waals surface area contributed by atoms with Gasteiger partial charge in [0, 0.05) is 5.69 Å². The lowest BCUT2D eigenvalue weighted by molar-refractivity contribution is -0.255. The van der Waals surface area contributed by atoms with Gasteiger partial charge in [0.1, 0.15) is 11.5 Å². The fourth-order valence-corrected chi connectivity index (χ4v) is 1.85. The maximum Gasteiger partial charge on any atom is 0.265 e. The van der Waals surface area contributed by atoms with Crippen molar-refractivity contribution in [3.63, 3.8) is 0 Å². The van der Waals surface area contributed by atoms with Crippen molar-refractivity contribution >= 4 is 17.6 Å². The van der Waals surface area contributed by atoms with E-state index in [0.717, 1.165) is 0 Å². The molecule has 0 heterocycles. The molecule has 120 valence electrons. The van der Waals surface area contributed by atoms with E-state index in [-0.39, 0.29) is 11.5 Å². The van der Waals surface area contributed by atoms with Gasteiger partial charge in [0.15, 0.2) is 6.10 Å². The molecule has 6 heteroatoms. The Balaban J connectivity index is 1.94. The van der Waals surface area contributed by atoms with Crippen LogP contribution in [0.25, 0.3) is 0 Å². The zero-order valence-corrected chi connectivity index (χ0v) is 12.7. The highest BCUT2D eigenvalue weighted by Gasteiger charge is 2.15. The maximum absolute atomic E-state index is 12.1. The summed E-state index contributed by atoms with van der Waals surface area (Å²) in [6.45, 7) is 1.62. The van der Waals surface area contributed by atoms with Crippen LogP contribution in [-0.4, -0.2) is 25.1 Å². The van der Waals surface area contributed by atoms with Crippen molar-refractivity contribution in [2.75, 3.05) is 12.4 Å². The first-order valence-electron chi connectivity index (χ1n) is 6.92. The number of methoxy groups -OCH3 is 1. The third-order valence-corrected chi connectivity index (χ3v) is 3.13. The Kier molecular flexibility index (Phi) is 5.19. The Labute approximate surface area is 133 Å². The van der Waals surface area contributed by atoms with Gasteiger partial charge in [0.25, 0.3) is 5.91 Å². The van der Waals surface area contributed by atoms with E-state index in [1.54, 1.807) is 38.3 Å². The molecule has 2 aromatic carbocycles. The molecule has 0 aliphatic heterocycles. The number of carboxylic acid groups (broad SMARTS) is 1. The number of anilines is 1. The zero-order valence-electron chi connectivity index (χ0n) is 12.7. The van der Waals surface area contributed by atoms with Crippen LogP contribution < -0.4 is 19.9 Å². The van der Waals surface area contributed by atoms with Crippen LogP contribution in [0.4, 0.5) is 5.69 Å². The average molecular weight is 314 g/mol. The standard InChI is InChI=1S/C17H17NO5/c1-11(23-15-9-7-14(22-2)8-10-15)16(19)18-13-5-3-12(4-6-13)17(20)21/h3-11H,1-2H3,(H,18,19)(H,20,21)/p-1/t11-/m1/s1. The first kappa shape index (κ1) is 16.4. The van der Waals surface area contributed by atoms with Crippen molar-refractivity contribution in [2.45, 2.75) is 13.0 Å². The van der Waals surface area contributed by atoms with Gasteiger partial charge >= 0.3 is 0 Å². The van der Waals surface area contributed by atoms with Gasteiger partial charge in [-0.2, -0.15) is 0 Å². The monoisotopic (exact) mass is 314 g/mol. The minimum absolute atomic E-state index is 0.0468. The molecule has 0 saturated heterocycles. The summed E-state index contributed by atoms with van der Waals surface area (Å²) in [4.78, 5) is 22.7. The smallest absolute Gasteiger partial charge is 0.265 e. The molecule has 2 aromatic rings. The third-order valence-electron chi connectivity index (χ3n) is 3.13. The van der Waals surface area contributed by atoms with Crippen molar-refractivity contribution in [3.05, 3.63) is 54.1 Å². The Hall–Kier alpha value is -3.02. The second kappa shape index (κ2) is 7.31. The third kappa shape index (κ3) is 4.47. The highest BCUT2D eigenvalue weighted by molar-refractivity contribution is 5.94. The van der Waals surface area contributed by atoms with Gasteiger partial charge in [0.2, 0.25) is 0 Å². The van der Waals surface area contributed by atoms with Gasteiger partial charge < -0.3 is 24.7 Å². The van der Waals surface area contributed by atoms with Crippen molar-refractivity contribution < 1.29 is 24.2 Å². The van der Waals surface area contributed by atoms with Crippen LogP contribution >= 0.6 is 0 Å². The fourth-order valence-electron chi connectivity index (χ4n) is 1.85. The molecule has 6 nitrogen and oxygen atoms in total. The first-order valence-corrected chi connectivity index (χ1v) is 6.92. The number of carbonyl (C=O) groups excluding carboxylic acids is 2. The predicted molar refractivity (Wildman–Crippen MR) is 82.5 cm³/mol. The van der Waals surface area contributed by atoms with Crippen molar-refractivity contribution in [2.24, 2.45) is 0 Å². The van der Waals surface area contributed by atoms with E-state index >= 15 is 0 Å². The van der Waals surface area contributed by atoms with Crippen LogP contribution in [0, 0.1) is 0 Å². The highest BCUT2D eigenvalue weighted by Crippen LogP contribution is 2.18. The van der Waals surface area contributed by atoms with E-state index < -0.39 is 12.1 Å². The molecular weight excluding hydrogens is 298 g/mol. The molecule has 1 atom stereocenters. The van der Waals surface area contributed by atoms with Crippen LogP contribution in [-0.2, 0) is 4.79 Å². The summed E-state index contributed by atoms with van der Waals surface area (Å²) >= 11 is 0. The number of aromatic carboxylic acids is 1. The van der Waals surface area contributed by atoms with E-state index in [4.69, 9.17) is 9.47 Å². The second-order valence-corrected chi connectivity index (χ2v) is 4.79. The second-order valence-electron chi connectivity index (χ2n) is 4.79. The normalized spacial score (nSPS) is 11.4. The number of carboxylic acids is 1. The van der Waals surface area contributed by atoms with Gasteiger partial charge in [-0.15, -0.1) is 0 Å². The van der Waals surface area contributed by atoms with Crippen molar-refractivity contribution in [1.82, 2.24) is 0 Å². The lowest BCUT2D eigenvalue weighted by atomic mass is 10.2. The number of benzene rings is 2. The number of ether oxygens (including phenoxy) is 2. The highest BCUT2D eigenvalue weighted by atomic mass is 16.5. The van der Waals surface area contributed by atoms with Gasteiger partial charge in [-0.3, -0.25) is 4.79 Å². The number of nitrogens with one attached hydrogen (secondary N) is 1. The van der Waals surface area contributed by atoms with E-state index in [1.165, 1.54) is 24.3 Å². The molecule has 23 heavy (non-hydrogen) atoms. The Morgan fingerprint density at radius 1 is 1.00 bits per heavy atom. The number of rotatable bonds is 6. The van der Waals surface area contributed by atoms with E-state index in [1.807, 2.05) is 0 Å². The Bertz CT molecular complexity index is 679. The molecular formula is C17H16NO5-. The molecule has 0 radical (unpaired) electrons. The lowest BCUT2D eigenvalue weighted by Crippen LogP contribution is -2.30. The van der Waals surface area contributed by atoms with E-state index in [0.29, 0.717) is 17.2 Å². The number of carbonyl (C=O) groups is 2. The van der Waals surface area contributed by atoms with Crippen LogP contribution in [0.2, 0.25) is 0 Å². The van der Waals surface area contributed by atoms with Crippen LogP contribution in [0.5, 0.6) is 11.5 Å². The van der Waals surface area contributed by atoms with Crippen LogP contribution in [0.3, 0.4) is 0 Å². The largest absolute Gasteiger partial charge is 0.545 e. The van der Waals surface area contributed by atoms with Gasteiger partial charge in [-0.05, 0) is 48.9 Å². The SMILES string of the molecule is COc1ccc(O[C@H](C)C(=O)Nc2ccc(C(=O)[O-])cc2)cc1. The number of hydrogen-bond acceptors (Lipinski definition) is 5. The summed E-state index contributed by atoms with van der Waals surface area (Å²) in [5.41, 5.74) is 0.524. The summed E-state index contributed by atoms with van der Waals surface area (Å²) in [5.74, 6) is -0.371. The lowest BCUT2D eigenvalue weighted by Gasteiger charge is -2.15. The number of amides is 1. The number of hydrogen-bond donors (Lipinski definition) is 1. The van der Waals surface area contributed by atoms with Crippen LogP contribution in [0.15, 0.2) is 48.5 Å². The maximum atomic E-state index is 12.1. The molecule has 1 N–H and O–H groups in total. The molecule has 2 rings (SSSR count). The van der Waals surface area contributed by atoms with Gasteiger partial charge in [-0.1, -0.05) is 12.1 Å². The van der Waals surface area contributed by atoms with Gasteiger partial charge in [-0.25, -0.2) is 0 Å². The minimum Gasteiger partial charge on any atom is -0.545 e. The van der Waals surface area contributed by atoms with Crippen molar-refractivity contribution in [3.8, 4) is 11.5 Å². The molecule has 0 unspecified atom stereocenters. The molecule has 0 aliphatic carbocycles. The van der Waals surface area contributed by atoms with E-state index in [9.17, 15) is 14.7 Å². The quantitative estimate of drug-likeness (QED) is 0.872. The average Bonchev–Trinajstić information content (AvgIpc) is 2.56. The molecule has 0 saturated carbocycles. The van der Waals surface area contributed by atoms with E-state index in [2.05, 4.69) is 5.32 Å². The molecule has 0 spiro atoms. The minimum atomic E-state index is -1.26. The first-order chi connectivity index (χ1) is 11.0. The topological polar surface area (TPSA) is 87.7 Å². The molecule has 0 aliphatic rings. The summed E-state index contributed by atoms with van der Waals surface area (Å²) in [7, 11) is 1.57. The predicted octanol–water partition coefficient (Wildman–Crippen LogP) is 1.46. The summed E-state index contributed by atoms with van der Waals surface area (Å²) in [5, 5.41) is 13.3. The fraction of sp³-hybridized carbons (Fsp3) is 0.176. The van der Waals surface area contributed by atoms with Crippen molar-refractivity contribution in [1.29, 1.82) is 0 Å². The molecule has 1 amide bonds. The molecule has 0 bridgehead atoms. The summed E-state index contributed by atoms with van der Waals surface area (Å²) in [6, 6.07) is 12.6. The Morgan fingerprint density at radius 3 is 2.09 bits per heavy atom. The summed E-state index contributed by atoms with van der Waals surface area (Å²) < 4.78 is 10.6. The summed E-state index contributed by atoms with van der Waals surface area (Å²) in [6.07, 6.45) is -0.718. The zero-order chi connectivity index (χ0) is 16.8. The Morgan fingerprint density at radius 2 is 1.57 bits per heavy atom. The molecule has 0 aromatic heterocycles.